The molecule has 0 bridgehead atoms. The van der Waals surface area contributed by atoms with Crippen LogP contribution in [0.5, 0.6) is 0 Å². The lowest BCUT2D eigenvalue weighted by atomic mass is 9.47. The van der Waals surface area contributed by atoms with Crippen LogP contribution in [0.2, 0.25) is 0 Å². The minimum atomic E-state index is -0.0359. The number of nitrogens with one attached hydrogen (secondary N) is 1. The lowest BCUT2D eigenvalue weighted by Crippen LogP contribution is -2.51. The molecule has 0 spiro atoms. The van der Waals surface area contributed by atoms with E-state index in [9.17, 15) is 9.59 Å². The maximum atomic E-state index is 12.8. The lowest BCUT2D eigenvalue weighted by Gasteiger charge is -2.58. The lowest BCUT2D eigenvalue weighted by molar-refractivity contribution is -0.151. The van der Waals surface area contributed by atoms with Gasteiger partial charge in [-0.25, -0.2) is 0 Å². The first-order valence-electron chi connectivity index (χ1n) is 19.8. The normalized spacial score (nSPS) is 32.6. The Bertz CT molecular complexity index is 1050. The Balaban J connectivity index is 1.14. The molecule has 0 saturated heterocycles. The second-order valence-corrected chi connectivity index (χ2v) is 17.3. The highest BCUT2D eigenvalue weighted by molar-refractivity contribution is 5.92. The van der Waals surface area contributed by atoms with Crippen molar-refractivity contribution in [1.29, 1.82) is 0 Å². The van der Waals surface area contributed by atoms with Crippen molar-refractivity contribution in [2.24, 2.45) is 46.3 Å². The van der Waals surface area contributed by atoms with Gasteiger partial charge in [0, 0.05) is 25.0 Å². The molecule has 3 saturated carbocycles. The minimum absolute atomic E-state index is 0.0210. The van der Waals surface area contributed by atoms with E-state index < -0.39 is 0 Å². The van der Waals surface area contributed by atoms with Crippen LogP contribution < -0.4 is 5.32 Å². The molecule has 262 valence electrons. The molecular weight excluding hydrogens is 566 g/mol. The van der Waals surface area contributed by atoms with Crippen molar-refractivity contribution < 1.29 is 14.3 Å². The summed E-state index contributed by atoms with van der Waals surface area (Å²) in [7, 11) is 0. The predicted molar refractivity (Wildman–Crippen MR) is 192 cm³/mol. The minimum Gasteiger partial charge on any atom is -0.462 e. The first kappa shape index (κ1) is 37.2. The van der Waals surface area contributed by atoms with E-state index in [1.165, 1.54) is 83.5 Å². The second-order valence-electron chi connectivity index (χ2n) is 17.3. The molecule has 46 heavy (non-hydrogen) atoms. The van der Waals surface area contributed by atoms with Crippen molar-refractivity contribution in [2.45, 2.75) is 176 Å². The molecule has 4 nitrogen and oxygen atoms in total. The molecule has 0 heterocycles. The van der Waals surface area contributed by atoms with E-state index in [1.807, 2.05) is 0 Å². The van der Waals surface area contributed by atoms with Crippen molar-refractivity contribution in [3.8, 4) is 0 Å². The van der Waals surface area contributed by atoms with Crippen molar-refractivity contribution in [2.75, 3.05) is 6.54 Å². The number of fused-ring (bicyclic) bond motifs is 5. The monoisotopic (exact) mass is 638 g/mol. The number of esters is 1. The van der Waals surface area contributed by atoms with Crippen LogP contribution in [0.3, 0.4) is 0 Å². The molecule has 1 amide bonds. The van der Waals surface area contributed by atoms with Gasteiger partial charge in [-0.05, 0) is 111 Å². The van der Waals surface area contributed by atoms with E-state index in [0.29, 0.717) is 22.8 Å². The summed E-state index contributed by atoms with van der Waals surface area (Å²) in [5, 5.41) is 2.90. The van der Waals surface area contributed by atoms with Crippen LogP contribution in [0.1, 0.15) is 170 Å². The zero-order chi connectivity index (χ0) is 33.3. The molecule has 4 aliphatic rings. The molecule has 0 radical (unpaired) electrons. The van der Waals surface area contributed by atoms with Crippen molar-refractivity contribution in [3.63, 3.8) is 0 Å². The summed E-state index contributed by atoms with van der Waals surface area (Å²) in [6, 6.07) is 0. The summed E-state index contributed by atoms with van der Waals surface area (Å²) in [5.41, 5.74) is 3.05. The van der Waals surface area contributed by atoms with Gasteiger partial charge in [0.1, 0.15) is 6.10 Å². The molecule has 3 fully saturated rings. The highest BCUT2D eigenvalue weighted by Gasteiger charge is 2.59. The number of unbranched alkanes of at least 4 members (excludes halogenated alkanes) is 7. The Kier molecular flexibility index (Phi) is 13.9. The first-order valence-corrected chi connectivity index (χ1v) is 19.8. The molecule has 0 aromatic rings. The van der Waals surface area contributed by atoms with Gasteiger partial charge in [0.2, 0.25) is 5.91 Å². The first-order chi connectivity index (χ1) is 22.0. The SMILES string of the molecule is C=C(C)C(=O)NCCCCCCCCCCC(=O)OC1CC[C@@]2(C)C(=CC[C@H]3[C@@H]4CC[C@H]([C@H](C)CCCC(C)C)[C@@]4(C)CC[C@@H]32)C1. The average Bonchev–Trinajstić information content (AvgIpc) is 3.37. The smallest absolute Gasteiger partial charge is 0.306 e. The van der Waals surface area contributed by atoms with Gasteiger partial charge in [0.15, 0.2) is 0 Å². The molecule has 0 aliphatic heterocycles. The Morgan fingerprint density at radius 2 is 1.59 bits per heavy atom. The van der Waals surface area contributed by atoms with Gasteiger partial charge in [0.05, 0.1) is 0 Å². The van der Waals surface area contributed by atoms with Crippen LogP contribution in [0.25, 0.3) is 0 Å². The zero-order valence-corrected chi connectivity index (χ0v) is 30.9. The van der Waals surface area contributed by atoms with Crippen LogP contribution in [0, 0.1) is 46.3 Å². The third-order valence-electron chi connectivity index (χ3n) is 13.5. The summed E-state index contributed by atoms with van der Waals surface area (Å²) in [6.07, 6.45) is 26.8. The van der Waals surface area contributed by atoms with Crippen LogP contribution in [-0.4, -0.2) is 24.5 Å². The molecule has 0 aromatic heterocycles. The molecule has 0 aromatic carbocycles. The van der Waals surface area contributed by atoms with Gasteiger partial charge in [-0.3, -0.25) is 9.59 Å². The van der Waals surface area contributed by atoms with Crippen LogP contribution in [-0.2, 0) is 14.3 Å². The van der Waals surface area contributed by atoms with Crippen molar-refractivity contribution in [3.05, 3.63) is 23.8 Å². The third kappa shape index (κ3) is 9.31. The number of hydrogen-bond acceptors (Lipinski definition) is 3. The maximum absolute atomic E-state index is 12.8. The summed E-state index contributed by atoms with van der Waals surface area (Å²) < 4.78 is 6.09. The van der Waals surface area contributed by atoms with Gasteiger partial charge < -0.3 is 10.1 Å². The quantitative estimate of drug-likeness (QED) is 0.0704. The summed E-state index contributed by atoms with van der Waals surface area (Å²) in [6.45, 7) is 18.7. The van der Waals surface area contributed by atoms with Gasteiger partial charge in [0.25, 0.3) is 0 Å². The van der Waals surface area contributed by atoms with Gasteiger partial charge in [-0.15, -0.1) is 0 Å². The van der Waals surface area contributed by atoms with E-state index in [2.05, 4.69) is 52.6 Å². The standard InChI is InChI=1S/C42H71NO3/c1-30(2)17-16-18-32(5)36-22-23-37-35-21-20-33-29-34(24-26-41(33,6)38(35)25-27-42(36,37)7)46-39(44)19-14-12-10-8-9-11-13-15-28-43-40(45)31(3)4/h20,30,32,34-38H,3,8-19,21-29H2,1-2,4-7H3,(H,43,45)/t32-,34?,35+,36-,37+,38+,41+,42-/m1/s1. The Morgan fingerprint density at radius 3 is 2.28 bits per heavy atom. The Hall–Kier alpha value is -1.58. The van der Waals surface area contributed by atoms with Crippen LogP contribution in [0.4, 0.5) is 0 Å². The van der Waals surface area contributed by atoms with Crippen molar-refractivity contribution >= 4 is 11.9 Å². The molecule has 1 N–H and O–H groups in total. The Morgan fingerprint density at radius 1 is 0.891 bits per heavy atom. The Labute approximate surface area is 283 Å². The number of amides is 1. The van der Waals surface area contributed by atoms with E-state index in [1.54, 1.807) is 12.5 Å². The van der Waals surface area contributed by atoms with E-state index in [0.717, 1.165) is 80.6 Å². The molecule has 4 heteroatoms. The molecular formula is C42H71NO3. The molecule has 4 aliphatic carbocycles. The topological polar surface area (TPSA) is 55.4 Å². The zero-order valence-electron chi connectivity index (χ0n) is 30.9. The number of rotatable bonds is 18. The van der Waals surface area contributed by atoms with Gasteiger partial charge in [-0.2, -0.15) is 0 Å². The van der Waals surface area contributed by atoms with Crippen molar-refractivity contribution in [1.82, 2.24) is 5.32 Å². The fourth-order valence-electron chi connectivity index (χ4n) is 10.8. The predicted octanol–water partition coefficient (Wildman–Crippen LogP) is 11.1. The number of carbonyl (C=O) groups excluding carboxylic acids is 2. The number of hydrogen-bond donors (Lipinski definition) is 1. The fourth-order valence-corrected chi connectivity index (χ4v) is 10.8. The van der Waals surface area contributed by atoms with Crippen LogP contribution in [0.15, 0.2) is 23.8 Å². The van der Waals surface area contributed by atoms with Crippen LogP contribution >= 0.6 is 0 Å². The third-order valence-corrected chi connectivity index (χ3v) is 13.5. The summed E-state index contributed by atoms with van der Waals surface area (Å²) in [5.74, 6) is 5.17. The highest BCUT2D eigenvalue weighted by Crippen LogP contribution is 2.67. The number of ether oxygens (including phenoxy) is 1. The number of carbonyl (C=O) groups is 2. The van der Waals surface area contributed by atoms with E-state index in [-0.39, 0.29) is 18.0 Å². The summed E-state index contributed by atoms with van der Waals surface area (Å²) in [4.78, 5) is 24.3. The molecule has 4 rings (SSSR count). The second kappa shape index (κ2) is 17.2. The van der Waals surface area contributed by atoms with E-state index in [4.69, 9.17) is 4.74 Å². The van der Waals surface area contributed by atoms with E-state index >= 15 is 0 Å². The maximum Gasteiger partial charge on any atom is 0.306 e. The molecule has 8 atom stereocenters. The largest absolute Gasteiger partial charge is 0.462 e. The average molecular weight is 638 g/mol. The number of allylic oxidation sites excluding steroid dienone is 1. The van der Waals surface area contributed by atoms with Gasteiger partial charge in [-0.1, -0.05) is 111 Å². The summed E-state index contributed by atoms with van der Waals surface area (Å²) >= 11 is 0. The van der Waals surface area contributed by atoms with Gasteiger partial charge >= 0.3 is 5.97 Å². The fraction of sp³-hybridized carbons (Fsp3) is 0.857. The molecule has 1 unspecified atom stereocenters. The highest BCUT2D eigenvalue weighted by atomic mass is 16.5.